The number of nitriles is 1. The van der Waals surface area contributed by atoms with Crippen LogP contribution in [0.2, 0.25) is 0 Å². The van der Waals surface area contributed by atoms with Gasteiger partial charge in [0.2, 0.25) is 5.95 Å². The first-order valence-corrected chi connectivity index (χ1v) is 16.7. The van der Waals surface area contributed by atoms with Gasteiger partial charge in [-0.2, -0.15) is 10.2 Å². The maximum Gasteiger partial charge on any atom is 0.224 e. The molecule has 230 valence electrons. The van der Waals surface area contributed by atoms with Crippen LogP contribution in [0.1, 0.15) is 81.8 Å². The van der Waals surface area contributed by atoms with Gasteiger partial charge in [0.25, 0.3) is 0 Å². The monoisotopic (exact) mass is 585 g/mol. The van der Waals surface area contributed by atoms with Crippen molar-refractivity contribution >= 4 is 11.8 Å². The quantitative estimate of drug-likeness (QED) is 0.271. The van der Waals surface area contributed by atoms with E-state index < -0.39 is 0 Å². The molecule has 6 fully saturated rings. The summed E-state index contributed by atoms with van der Waals surface area (Å²) < 4.78 is 0. The average molecular weight is 586 g/mol. The third-order valence-electron chi connectivity index (χ3n) is 11.6. The Kier molecular flexibility index (Phi) is 8.19. The Hall–Kier alpha value is -2.93. The summed E-state index contributed by atoms with van der Waals surface area (Å²) in [4.78, 5) is 11.6. The van der Waals surface area contributed by atoms with E-state index in [0.717, 1.165) is 36.3 Å². The molecule has 1 aromatic heterocycles. The molecule has 5 N–H and O–H groups in total. The summed E-state index contributed by atoms with van der Waals surface area (Å²) in [5.74, 6) is 3.57. The Labute approximate surface area is 255 Å². The number of nitrogens with zero attached hydrogens (tertiary/aromatic N) is 4. The Morgan fingerprint density at radius 2 is 1.81 bits per heavy atom. The molecule has 5 saturated carbocycles. The zero-order valence-corrected chi connectivity index (χ0v) is 25.2. The number of aromatic nitrogens is 2. The second-order valence-corrected chi connectivity index (χ2v) is 14.3. The predicted octanol–water partition coefficient (Wildman–Crippen LogP) is 4.63. The van der Waals surface area contributed by atoms with Gasteiger partial charge >= 0.3 is 0 Å². The highest BCUT2D eigenvalue weighted by atomic mass is 16.3. The molecule has 8 rings (SSSR count). The second kappa shape index (κ2) is 12.2. The number of hydrogen-bond acceptors (Lipinski definition) is 9. The summed E-state index contributed by atoms with van der Waals surface area (Å²) in [6.07, 6.45) is 15.5. The summed E-state index contributed by atoms with van der Waals surface area (Å²) in [6.45, 7) is 2.73. The van der Waals surface area contributed by atoms with E-state index in [1.807, 2.05) is 12.1 Å². The Bertz CT molecular complexity index is 1310. The third kappa shape index (κ3) is 5.94. The number of benzene rings is 1. The third-order valence-corrected chi connectivity index (χ3v) is 11.6. The number of phenols is 1. The lowest BCUT2D eigenvalue weighted by Gasteiger charge is -2.61. The molecule has 4 bridgehead atoms. The lowest BCUT2D eigenvalue weighted by molar-refractivity contribution is -0.0735. The van der Waals surface area contributed by atoms with Crippen LogP contribution < -0.4 is 16.0 Å². The van der Waals surface area contributed by atoms with Crippen LogP contribution in [0.25, 0.3) is 0 Å². The largest absolute Gasteiger partial charge is 0.508 e. The number of likely N-dealkylation sites (tertiary alicyclic amines) is 1. The number of anilines is 2. The first kappa shape index (κ1) is 28.8. The molecule has 43 heavy (non-hydrogen) atoms. The van der Waals surface area contributed by atoms with Gasteiger partial charge in [-0.25, -0.2) is 4.98 Å². The van der Waals surface area contributed by atoms with Crippen LogP contribution in [-0.4, -0.2) is 68.9 Å². The normalized spacial score (nSPS) is 35.1. The standard InChI is InChI=1S/C34H47N7O2/c35-17-26-19-37-33(36-18-23-4-1-2-6-30(23)43)40-32(26)38-21-34-14-22-12-24(15-34)31(25(13-22)16-34)39-27-7-9-28(10-8-27)41-11-3-5-29(41)20-42/h1-2,4,6,19,22,24-25,27-29,31,39,42-43H,3,5,7-16,18,20-21H2,(H2,36,37,38,40)/t22?,24-,25+,27?,28?,29-,31?,34?/m0/s1. The fourth-order valence-corrected chi connectivity index (χ4v) is 9.85. The summed E-state index contributed by atoms with van der Waals surface area (Å²) in [7, 11) is 0. The molecule has 1 saturated heterocycles. The van der Waals surface area contributed by atoms with Crippen LogP contribution in [0.4, 0.5) is 11.8 Å². The Morgan fingerprint density at radius 3 is 2.56 bits per heavy atom. The van der Waals surface area contributed by atoms with E-state index in [0.29, 0.717) is 54.6 Å². The van der Waals surface area contributed by atoms with Crippen LogP contribution in [0.15, 0.2) is 30.5 Å². The van der Waals surface area contributed by atoms with E-state index >= 15 is 0 Å². The van der Waals surface area contributed by atoms with Crippen LogP contribution in [0, 0.1) is 34.5 Å². The molecule has 0 spiro atoms. The highest BCUT2D eigenvalue weighted by Crippen LogP contribution is 2.60. The van der Waals surface area contributed by atoms with Crippen molar-refractivity contribution in [1.82, 2.24) is 20.2 Å². The molecule has 0 radical (unpaired) electrons. The molecule has 0 amide bonds. The van der Waals surface area contributed by atoms with Gasteiger partial charge in [-0.05, 0) is 106 Å². The minimum atomic E-state index is 0.238. The molecule has 3 unspecified atom stereocenters. The number of rotatable bonds is 10. The molecular formula is C34H47N7O2. The Balaban J connectivity index is 0.955. The van der Waals surface area contributed by atoms with Gasteiger partial charge in [-0.15, -0.1) is 0 Å². The molecule has 2 heterocycles. The van der Waals surface area contributed by atoms with E-state index in [1.54, 1.807) is 18.3 Å². The lowest BCUT2D eigenvalue weighted by Crippen LogP contribution is -2.61. The van der Waals surface area contributed by atoms with Crippen LogP contribution in [0.3, 0.4) is 0 Å². The lowest BCUT2D eigenvalue weighted by atomic mass is 9.47. The van der Waals surface area contributed by atoms with Gasteiger partial charge in [-0.3, -0.25) is 4.90 Å². The maximum absolute atomic E-state index is 10.1. The van der Waals surface area contributed by atoms with Crippen molar-refractivity contribution in [2.45, 2.75) is 101 Å². The van der Waals surface area contributed by atoms with Gasteiger partial charge < -0.3 is 26.2 Å². The fraction of sp³-hybridized carbons (Fsp3) is 0.676. The minimum Gasteiger partial charge on any atom is -0.508 e. The SMILES string of the molecule is N#Cc1cnc(NCc2ccccc2O)nc1NCC12CC3C[C@H](C1)C(NC1CCC(N4CCC[C@H]4CO)CC1)[C@@H](C3)C2. The minimum absolute atomic E-state index is 0.238. The summed E-state index contributed by atoms with van der Waals surface area (Å²) in [5.41, 5.74) is 1.51. The Morgan fingerprint density at radius 1 is 1.02 bits per heavy atom. The molecule has 1 aromatic carbocycles. The van der Waals surface area contributed by atoms with Gasteiger partial charge in [0.05, 0.1) is 12.8 Å². The molecule has 2 aromatic rings. The van der Waals surface area contributed by atoms with Crippen molar-refractivity contribution in [1.29, 1.82) is 5.26 Å². The first-order valence-electron chi connectivity index (χ1n) is 16.7. The predicted molar refractivity (Wildman–Crippen MR) is 166 cm³/mol. The topological polar surface area (TPSA) is 129 Å². The van der Waals surface area contributed by atoms with Crippen molar-refractivity contribution in [3.8, 4) is 11.8 Å². The molecule has 9 nitrogen and oxygen atoms in total. The molecule has 1 aliphatic heterocycles. The number of aromatic hydroxyl groups is 1. The zero-order valence-electron chi connectivity index (χ0n) is 25.2. The molecule has 6 aliphatic rings. The zero-order chi connectivity index (χ0) is 29.4. The van der Waals surface area contributed by atoms with Crippen molar-refractivity contribution in [3.63, 3.8) is 0 Å². The van der Waals surface area contributed by atoms with E-state index in [9.17, 15) is 15.5 Å². The fourth-order valence-electron chi connectivity index (χ4n) is 9.85. The van der Waals surface area contributed by atoms with Crippen molar-refractivity contribution in [2.75, 3.05) is 30.3 Å². The number of nitrogens with one attached hydrogen (secondary N) is 3. The van der Waals surface area contributed by atoms with Crippen LogP contribution in [-0.2, 0) is 6.54 Å². The average Bonchev–Trinajstić information content (AvgIpc) is 3.51. The molecular weight excluding hydrogens is 538 g/mol. The van der Waals surface area contributed by atoms with E-state index in [-0.39, 0.29) is 11.2 Å². The number of aliphatic hydroxyl groups excluding tert-OH is 1. The van der Waals surface area contributed by atoms with Crippen molar-refractivity contribution in [2.24, 2.45) is 23.2 Å². The smallest absolute Gasteiger partial charge is 0.224 e. The van der Waals surface area contributed by atoms with E-state index in [1.165, 1.54) is 70.8 Å². The van der Waals surface area contributed by atoms with Crippen molar-refractivity contribution in [3.05, 3.63) is 41.6 Å². The highest BCUT2D eigenvalue weighted by molar-refractivity contribution is 5.53. The van der Waals surface area contributed by atoms with Crippen molar-refractivity contribution < 1.29 is 10.2 Å². The number of aliphatic hydroxyl groups is 1. The van der Waals surface area contributed by atoms with E-state index in [4.69, 9.17) is 0 Å². The summed E-state index contributed by atoms with van der Waals surface area (Å²) >= 11 is 0. The molecule has 6 atom stereocenters. The summed E-state index contributed by atoms with van der Waals surface area (Å²) in [5, 5.41) is 40.7. The van der Waals surface area contributed by atoms with Gasteiger partial charge in [0, 0.05) is 42.8 Å². The van der Waals surface area contributed by atoms with Gasteiger partial charge in [0.1, 0.15) is 23.2 Å². The number of hydrogen-bond donors (Lipinski definition) is 5. The number of para-hydroxylation sites is 1. The number of phenolic OH excluding ortho intramolecular Hbond substituents is 1. The maximum atomic E-state index is 10.1. The molecule has 5 aliphatic carbocycles. The van der Waals surface area contributed by atoms with Crippen LogP contribution >= 0.6 is 0 Å². The van der Waals surface area contributed by atoms with E-state index in [2.05, 4.69) is 36.9 Å². The van der Waals surface area contributed by atoms with Crippen LogP contribution in [0.5, 0.6) is 5.75 Å². The first-order chi connectivity index (χ1) is 21.0. The highest BCUT2D eigenvalue weighted by Gasteiger charge is 2.55. The van der Waals surface area contributed by atoms with Gasteiger partial charge in [-0.1, -0.05) is 18.2 Å². The second-order valence-electron chi connectivity index (χ2n) is 14.3. The summed E-state index contributed by atoms with van der Waals surface area (Å²) in [6, 6.07) is 11.8. The van der Waals surface area contributed by atoms with Gasteiger partial charge in [0.15, 0.2) is 0 Å². The molecule has 9 heteroatoms.